The molecular weight excluding hydrogens is 294 g/mol. The third-order valence-corrected chi connectivity index (χ3v) is 4.28. The van der Waals surface area contributed by atoms with Crippen LogP contribution in [0.1, 0.15) is 25.7 Å². The summed E-state index contributed by atoms with van der Waals surface area (Å²) in [6, 6.07) is 4.03. The van der Waals surface area contributed by atoms with E-state index in [2.05, 4.69) is 5.32 Å². The second-order valence-corrected chi connectivity index (χ2v) is 5.77. The molecule has 114 valence electrons. The van der Waals surface area contributed by atoms with Gasteiger partial charge in [0, 0.05) is 18.1 Å². The molecule has 1 aliphatic carbocycles. The summed E-state index contributed by atoms with van der Waals surface area (Å²) in [6.07, 6.45) is 3.56. The molecule has 6 nitrogen and oxygen atoms in total. The van der Waals surface area contributed by atoms with Gasteiger partial charge in [-0.15, -0.1) is 0 Å². The Bertz CT molecular complexity index is 542. The topological polar surface area (TPSA) is 98.3 Å². The van der Waals surface area contributed by atoms with Crippen molar-refractivity contribution in [2.24, 2.45) is 17.6 Å². The zero-order valence-corrected chi connectivity index (χ0v) is 12.3. The SMILES string of the molecule is NCC1CCC(C(=O)Nc2ccc([N+](=O)[O-])cc2Cl)CC1. The summed E-state index contributed by atoms with van der Waals surface area (Å²) in [4.78, 5) is 22.3. The predicted octanol–water partition coefficient (Wildman–Crippen LogP) is 2.95. The summed E-state index contributed by atoms with van der Waals surface area (Å²) in [7, 11) is 0. The number of rotatable bonds is 4. The molecule has 0 aliphatic heterocycles. The number of amides is 1. The number of non-ortho nitro benzene ring substituents is 1. The first kappa shape index (κ1) is 15.7. The minimum atomic E-state index is -0.522. The van der Waals surface area contributed by atoms with Gasteiger partial charge in [-0.1, -0.05) is 11.6 Å². The van der Waals surface area contributed by atoms with E-state index in [0.717, 1.165) is 25.7 Å². The number of benzene rings is 1. The summed E-state index contributed by atoms with van der Waals surface area (Å²) in [5.41, 5.74) is 5.95. The lowest BCUT2D eigenvalue weighted by atomic mass is 9.81. The number of carbonyl (C=O) groups is 1. The van der Waals surface area contributed by atoms with Crippen LogP contribution in [0.2, 0.25) is 5.02 Å². The molecule has 7 heteroatoms. The van der Waals surface area contributed by atoms with E-state index in [4.69, 9.17) is 17.3 Å². The molecule has 21 heavy (non-hydrogen) atoms. The van der Waals surface area contributed by atoms with E-state index in [1.165, 1.54) is 18.2 Å². The lowest BCUT2D eigenvalue weighted by molar-refractivity contribution is -0.384. The zero-order chi connectivity index (χ0) is 15.4. The molecule has 1 fully saturated rings. The molecule has 0 bridgehead atoms. The largest absolute Gasteiger partial charge is 0.330 e. The highest BCUT2D eigenvalue weighted by Gasteiger charge is 2.26. The number of anilines is 1. The summed E-state index contributed by atoms with van der Waals surface area (Å²) in [5.74, 6) is 0.386. The number of hydrogen-bond acceptors (Lipinski definition) is 4. The number of nitro groups is 1. The molecule has 0 heterocycles. The Kier molecular flexibility index (Phi) is 5.14. The number of nitrogens with two attached hydrogens (primary N) is 1. The Balaban J connectivity index is 1.98. The molecule has 0 spiro atoms. The van der Waals surface area contributed by atoms with Crippen LogP contribution in [0.5, 0.6) is 0 Å². The molecule has 0 unspecified atom stereocenters. The minimum Gasteiger partial charge on any atom is -0.330 e. The first-order valence-electron chi connectivity index (χ1n) is 6.96. The fourth-order valence-corrected chi connectivity index (χ4v) is 2.84. The average Bonchev–Trinajstić information content (AvgIpc) is 2.49. The van der Waals surface area contributed by atoms with Crippen molar-refractivity contribution in [1.82, 2.24) is 0 Å². The van der Waals surface area contributed by atoms with Gasteiger partial charge in [0.15, 0.2) is 0 Å². The standard InChI is InChI=1S/C14H18ClN3O3/c15-12-7-11(18(20)21)5-6-13(12)17-14(19)10-3-1-9(8-16)2-4-10/h5-7,9-10H,1-4,8,16H2,(H,17,19). The number of nitrogens with zero attached hydrogens (tertiary/aromatic N) is 1. The highest BCUT2D eigenvalue weighted by atomic mass is 35.5. The number of halogens is 1. The summed E-state index contributed by atoms with van der Waals surface area (Å²) in [6.45, 7) is 0.669. The third-order valence-electron chi connectivity index (χ3n) is 3.97. The van der Waals surface area contributed by atoms with Crippen LogP contribution in [-0.2, 0) is 4.79 Å². The molecule has 1 amide bonds. The lowest BCUT2D eigenvalue weighted by Crippen LogP contribution is -2.29. The minimum absolute atomic E-state index is 0.0425. The van der Waals surface area contributed by atoms with Gasteiger partial charge in [-0.25, -0.2) is 0 Å². The monoisotopic (exact) mass is 311 g/mol. The van der Waals surface area contributed by atoms with E-state index >= 15 is 0 Å². The molecule has 1 aromatic carbocycles. The van der Waals surface area contributed by atoms with E-state index in [1.54, 1.807) is 0 Å². The van der Waals surface area contributed by atoms with Gasteiger partial charge < -0.3 is 11.1 Å². The molecule has 1 aromatic rings. The number of nitro benzene ring substituents is 1. The Labute approximate surface area is 127 Å². The molecule has 0 radical (unpaired) electrons. The maximum absolute atomic E-state index is 12.2. The van der Waals surface area contributed by atoms with Gasteiger partial charge in [0.2, 0.25) is 5.91 Å². The maximum Gasteiger partial charge on any atom is 0.271 e. The van der Waals surface area contributed by atoms with E-state index in [9.17, 15) is 14.9 Å². The first-order valence-corrected chi connectivity index (χ1v) is 7.34. The summed E-state index contributed by atoms with van der Waals surface area (Å²) in [5, 5.41) is 13.6. The molecule has 0 atom stereocenters. The predicted molar refractivity (Wildman–Crippen MR) is 81.2 cm³/mol. The number of hydrogen-bond donors (Lipinski definition) is 2. The van der Waals surface area contributed by atoms with E-state index < -0.39 is 4.92 Å². The lowest BCUT2D eigenvalue weighted by Gasteiger charge is -2.26. The van der Waals surface area contributed by atoms with E-state index in [-0.39, 0.29) is 22.5 Å². The Morgan fingerprint density at radius 3 is 2.57 bits per heavy atom. The highest BCUT2D eigenvalue weighted by molar-refractivity contribution is 6.34. The van der Waals surface area contributed by atoms with E-state index in [0.29, 0.717) is 18.2 Å². The van der Waals surface area contributed by atoms with Crippen molar-refractivity contribution >= 4 is 28.9 Å². The first-order chi connectivity index (χ1) is 10.0. The molecule has 1 aliphatic rings. The molecular formula is C14H18ClN3O3. The van der Waals surface area contributed by atoms with Gasteiger partial charge in [0.05, 0.1) is 15.6 Å². The van der Waals surface area contributed by atoms with Crippen molar-refractivity contribution in [2.75, 3.05) is 11.9 Å². The molecule has 0 aromatic heterocycles. The Morgan fingerprint density at radius 1 is 1.38 bits per heavy atom. The van der Waals surface area contributed by atoms with Crippen LogP contribution in [0.25, 0.3) is 0 Å². The smallest absolute Gasteiger partial charge is 0.271 e. The van der Waals surface area contributed by atoms with Crippen molar-refractivity contribution < 1.29 is 9.72 Å². The van der Waals surface area contributed by atoms with Gasteiger partial charge in [0.25, 0.3) is 5.69 Å². The highest BCUT2D eigenvalue weighted by Crippen LogP contribution is 2.31. The van der Waals surface area contributed by atoms with Gasteiger partial charge in [0.1, 0.15) is 0 Å². The van der Waals surface area contributed by atoms with Gasteiger partial charge in [-0.2, -0.15) is 0 Å². The molecule has 3 N–H and O–H groups in total. The molecule has 1 saturated carbocycles. The summed E-state index contributed by atoms with van der Waals surface area (Å²) >= 11 is 5.97. The fourth-order valence-electron chi connectivity index (χ4n) is 2.61. The van der Waals surface area contributed by atoms with Crippen LogP contribution in [0.15, 0.2) is 18.2 Å². The van der Waals surface area contributed by atoms with Crippen LogP contribution < -0.4 is 11.1 Å². The molecule has 2 rings (SSSR count). The average molecular weight is 312 g/mol. The zero-order valence-electron chi connectivity index (χ0n) is 11.5. The van der Waals surface area contributed by atoms with Gasteiger partial charge in [-0.3, -0.25) is 14.9 Å². The van der Waals surface area contributed by atoms with Gasteiger partial charge >= 0.3 is 0 Å². The van der Waals surface area contributed by atoms with Gasteiger partial charge in [-0.05, 0) is 44.2 Å². The number of nitrogens with one attached hydrogen (secondary N) is 1. The third kappa shape index (κ3) is 3.92. The van der Waals surface area contributed by atoms with Crippen molar-refractivity contribution in [3.8, 4) is 0 Å². The Hall–Kier alpha value is -1.66. The van der Waals surface area contributed by atoms with E-state index in [1.807, 2.05) is 0 Å². The summed E-state index contributed by atoms with van der Waals surface area (Å²) < 4.78 is 0. The van der Waals surface area contributed by atoms with Crippen LogP contribution >= 0.6 is 11.6 Å². The maximum atomic E-state index is 12.2. The van der Waals surface area contributed by atoms with Crippen LogP contribution in [0.3, 0.4) is 0 Å². The van der Waals surface area contributed by atoms with Crippen LogP contribution in [0.4, 0.5) is 11.4 Å². The Morgan fingerprint density at radius 2 is 2.05 bits per heavy atom. The van der Waals surface area contributed by atoms with Crippen molar-refractivity contribution in [3.63, 3.8) is 0 Å². The number of carbonyl (C=O) groups excluding carboxylic acids is 1. The van der Waals surface area contributed by atoms with Crippen molar-refractivity contribution in [3.05, 3.63) is 33.3 Å². The second kappa shape index (κ2) is 6.87. The second-order valence-electron chi connectivity index (χ2n) is 5.36. The van der Waals surface area contributed by atoms with Crippen LogP contribution in [-0.4, -0.2) is 17.4 Å². The van der Waals surface area contributed by atoms with Crippen molar-refractivity contribution in [1.29, 1.82) is 0 Å². The molecule has 0 saturated heterocycles. The fraction of sp³-hybridized carbons (Fsp3) is 0.500. The quantitative estimate of drug-likeness (QED) is 0.659. The van der Waals surface area contributed by atoms with Crippen LogP contribution in [0, 0.1) is 22.0 Å². The van der Waals surface area contributed by atoms with Crippen molar-refractivity contribution in [2.45, 2.75) is 25.7 Å². The normalized spacial score (nSPS) is 21.8.